The maximum atomic E-state index is 13.8. The van der Waals surface area contributed by atoms with Crippen molar-refractivity contribution in [1.82, 2.24) is 15.0 Å². The van der Waals surface area contributed by atoms with Crippen LogP contribution in [0.4, 0.5) is 8.78 Å². The third-order valence-electron chi connectivity index (χ3n) is 3.82. The van der Waals surface area contributed by atoms with Gasteiger partial charge in [0.15, 0.2) is 5.82 Å². The molecule has 0 amide bonds. The van der Waals surface area contributed by atoms with Crippen molar-refractivity contribution in [2.75, 3.05) is 6.54 Å². The molecule has 1 unspecified atom stereocenters. The van der Waals surface area contributed by atoms with Gasteiger partial charge in [-0.15, -0.1) is 0 Å². The third kappa shape index (κ3) is 3.10. The van der Waals surface area contributed by atoms with Crippen molar-refractivity contribution in [2.45, 2.75) is 38.8 Å². The van der Waals surface area contributed by atoms with Crippen LogP contribution in [-0.2, 0) is 6.54 Å². The van der Waals surface area contributed by atoms with Crippen LogP contribution in [-0.4, -0.2) is 21.6 Å². The predicted molar refractivity (Wildman–Crippen MR) is 72.4 cm³/mol. The van der Waals surface area contributed by atoms with Crippen LogP contribution in [0.2, 0.25) is 0 Å². The Bertz CT molecular complexity index is 629. The van der Waals surface area contributed by atoms with Crippen molar-refractivity contribution in [3.8, 4) is 0 Å². The molecule has 6 heteroatoms. The zero-order chi connectivity index (χ0) is 14.8. The minimum Gasteiger partial charge on any atom is -0.338 e. The molecule has 1 saturated heterocycles. The van der Waals surface area contributed by atoms with Crippen molar-refractivity contribution in [1.29, 1.82) is 0 Å². The highest BCUT2D eigenvalue weighted by Crippen LogP contribution is 2.31. The summed E-state index contributed by atoms with van der Waals surface area (Å²) in [5, 5.41) is 3.82. The Morgan fingerprint density at radius 1 is 1.33 bits per heavy atom. The van der Waals surface area contributed by atoms with Crippen molar-refractivity contribution in [3.63, 3.8) is 0 Å². The molecule has 0 N–H and O–H groups in total. The highest BCUT2D eigenvalue weighted by Gasteiger charge is 2.29. The molecule has 1 aromatic carbocycles. The Morgan fingerprint density at radius 3 is 2.95 bits per heavy atom. The fraction of sp³-hybridized carbons (Fsp3) is 0.467. The molecule has 1 aliphatic rings. The number of aryl methyl sites for hydroxylation is 1. The summed E-state index contributed by atoms with van der Waals surface area (Å²) in [4.78, 5) is 6.36. The van der Waals surface area contributed by atoms with Gasteiger partial charge in [0.2, 0.25) is 5.89 Å². The van der Waals surface area contributed by atoms with Gasteiger partial charge in [0.05, 0.1) is 6.04 Å². The van der Waals surface area contributed by atoms with Crippen LogP contribution in [0.1, 0.15) is 42.6 Å². The lowest BCUT2D eigenvalue weighted by Gasteiger charge is -2.33. The van der Waals surface area contributed by atoms with Gasteiger partial charge in [-0.2, -0.15) is 4.98 Å². The minimum absolute atomic E-state index is 0.0254. The maximum absolute atomic E-state index is 13.8. The van der Waals surface area contributed by atoms with E-state index in [2.05, 4.69) is 15.0 Å². The van der Waals surface area contributed by atoms with E-state index in [1.807, 2.05) is 0 Å². The molecule has 112 valence electrons. The average molecular weight is 293 g/mol. The zero-order valence-electron chi connectivity index (χ0n) is 11.9. The topological polar surface area (TPSA) is 42.2 Å². The normalized spacial score (nSPS) is 19.9. The molecule has 0 aliphatic carbocycles. The number of rotatable bonds is 3. The number of nitrogens with zero attached hydrogens (tertiary/aromatic N) is 3. The van der Waals surface area contributed by atoms with Crippen LogP contribution in [0.25, 0.3) is 0 Å². The lowest BCUT2D eigenvalue weighted by atomic mass is 10.0. The first-order chi connectivity index (χ1) is 10.1. The van der Waals surface area contributed by atoms with Crippen molar-refractivity contribution < 1.29 is 13.3 Å². The van der Waals surface area contributed by atoms with Gasteiger partial charge in [-0.3, -0.25) is 4.90 Å². The first kappa shape index (κ1) is 14.1. The monoisotopic (exact) mass is 293 g/mol. The molecule has 2 aromatic rings. The number of hydrogen-bond acceptors (Lipinski definition) is 4. The smallest absolute Gasteiger partial charge is 0.243 e. The van der Waals surface area contributed by atoms with Crippen LogP contribution in [0.3, 0.4) is 0 Å². The van der Waals surface area contributed by atoms with Crippen LogP contribution in [0, 0.1) is 18.6 Å². The molecule has 21 heavy (non-hydrogen) atoms. The van der Waals surface area contributed by atoms with Gasteiger partial charge in [-0.25, -0.2) is 8.78 Å². The van der Waals surface area contributed by atoms with Crippen LogP contribution >= 0.6 is 0 Å². The Morgan fingerprint density at radius 2 is 2.19 bits per heavy atom. The summed E-state index contributed by atoms with van der Waals surface area (Å²) in [7, 11) is 0. The summed E-state index contributed by atoms with van der Waals surface area (Å²) >= 11 is 0. The van der Waals surface area contributed by atoms with E-state index in [0.29, 0.717) is 23.8 Å². The van der Waals surface area contributed by atoms with Crippen molar-refractivity contribution in [3.05, 3.63) is 47.1 Å². The van der Waals surface area contributed by atoms with Gasteiger partial charge in [-0.1, -0.05) is 11.6 Å². The molecule has 0 saturated carbocycles. The lowest BCUT2D eigenvalue weighted by molar-refractivity contribution is 0.110. The molecule has 2 heterocycles. The van der Waals surface area contributed by atoms with E-state index in [1.165, 1.54) is 12.1 Å². The summed E-state index contributed by atoms with van der Waals surface area (Å²) in [5.41, 5.74) is 0.359. The molecular weight excluding hydrogens is 276 g/mol. The standard InChI is InChI=1S/C15H17F2N3O/c1-10-18-15(21-19-10)14-4-2-3-7-20(14)9-11-8-12(16)5-6-13(11)17/h5-6,8,14H,2-4,7,9H2,1H3. The summed E-state index contributed by atoms with van der Waals surface area (Å²) < 4.78 is 32.4. The third-order valence-corrected chi connectivity index (χ3v) is 3.82. The molecular formula is C15H17F2N3O. The molecule has 1 aliphatic heterocycles. The number of benzene rings is 1. The molecule has 0 bridgehead atoms. The molecule has 3 rings (SSSR count). The second kappa shape index (κ2) is 5.89. The molecule has 1 aromatic heterocycles. The Labute approximate surface area is 121 Å². The molecule has 1 atom stereocenters. The molecule has 0 spiro atoms. The quantitative estimate of drug-likeness (QED) is 0.870. The fourth-order valence-corrected chi connectivity index (χ4v) is 2.79. The number of hydrogen-bond donors (Lipinski definition) is 0. The summed E-state index contributed by atoms with van der Waals surface area (Å²) in [6.45, 7) is 2.92. The number of piperidine rings is 1. The lowest BCUT2D eigenvalue weighted by Crippen LogP contribution is -2.33. The number of likely N-dealkylation sites (tertiary alicyclic amines) is 1. The van der Waals surface area contributed by atoms with E-state index in [-0.39, 0.29) is 11.9 Å². The molecule has 1 fully saturated rings. The summed E-state index contributed by atoms with van der Waals surface area (Å²) in [6, 6.07) is 3.52. The van der Waals surface area contributed by atoms with Crippen molar-refractivity contribution >= 4 is 0 Å². The van der Waals surface area contributed by atoms with E-state index >= 15 is 0 Å². The van der Waals surface area contributed by atoms with E-state index in [4.69, 9.17) is 4.52 Å². The van der Waals surface area contributed by atoms with Crippen molar-refractivity contribution in [2.24, 2.45) is 0 Å². The SMILES string of the molecule is Cc1noc(C2CCCCN2Cc2cc(F)ccc2F)n1. The second-order valence-corrected chi connectivity index (χ2v) is 5.40. The van der Waals surface area contributed by atoms with Crippen LogP contribution in [0.15, 0.2) is 22.7 Å². The molecule has 4 nitrogen and oxygen atoms in total. The fourth-order valence-electron chi connectivity index (χ4n) is 2.79. The van der Waals surface area contributed by atoms with Gasteiger partial charge in [-0.05, 0) is 44.5 Å². The Hall–Kier alpha value is -1.82. The predicted octanol–water partition coefficient (Wildman–Crippen LogP) is 3.38. The van der Waals surface area contributed by atoms with E-state index in [0.717, 1.165) is 31.9 Å². The first-order valence-electron chi connectivity index (χ1n) is 7.11. The summed E-state index contributed by atoms with van der Waals surface area (Å²) in [6.07, 6.45) is 2.98. The van der Waals surface area contributed by atoms with Gasteiger partial charge in [0.25, 0.3) is 0 Å². The van der Waals surface area contributed by atoms with Crippen LogP contribution < -0.4 is 0 Å². The van der Waals surface area contributed by atoms with E-state index in [1.54, 1.807) is 6.92 Å². The highest BCUT2D eigenvalue weighted by atomic mass is 19.1. The van der Waals surface area contributed by atoms with Gasteiger partial charge in [0.1, 0.15) is 11.6 Å². The maximum Gasteiger partial charge on any atom is 0.243 e. The minimum atomic E-state index is -0.423. The van der Waals surface area contributed by atoms with E-state index < -0.39 is 5.82 Å². The van der Waals surface area contributed by atoms with Gasteiger partial charge < -0.3 is 4.52 Å². The molecule has 0 radical (unpaired) electrons. The first-order valence-corrected chi connectivity index (χ1v) is 7.11. The number of halogens is 2. The zero-order valence-corrected chi connectivity index (χ0v) is 11.9. The number of aromatic nitrogens is 2. The summed E-state index contributed by atoms with van der Waals surface area (Å²) in [5.74, 6) is 0.340. The highest BCUT2D eigenvalue weighted by molar-refractivity contribution is 5.19. The Balaban J connectivity index is 1.83. The largest absolute Gasteiger partial charge is 0.338 e. The van der Waals surface area contributed by atoms with Crippen LogP contribution in [0.5, 0.6) is 0 Å². The second-order valence-electron chi connectivity index (χ2n) is 5.40. The van der Waals surface area contributed by atoms with E-state index in [9.17, 15) is 8.78 Å². The van der Waals surface area contributed by atoms with Gasteiger partial charge in [0, 0.05) is 12.1 Å². The Kier molecular flexibility index (Phi) is 3.96. The average Bonchev–Trinajstić information content (AvgIpc) is 2.90. The van der Waals surface area contributed by atoms with Gasteiger partial charge >= 0.3 is 0 Å².